The first-order chi connectivity index (χ1) is 9.56. The molecule has 1 aliphatic rings. The number of aryl methyl sites for hydroxylation is 1. The summed E-state index contributed by atoms with van der Waals surface area (Å²) in [5, 5.41) is 9.28. The van der Waals surface area contributed by atoms with Crippen molar-refractivity contribution in [1.82, 2.24) is 9.29 Å². The third kappa shape index (κ3) is 3.62. The van der Waals surface area contributed by atoms with Crippen LogP contribution in [0.4, 0.5) is 0 Å². The van der Waals surface area contributed by atoms with Crippen LogP contribution in [0.15, 0.2) is 17.2 Å². The second-order valence-electron chi connectivity index (χ2n) is 5.50. The second kappa shape index (κ2) is 6.74. The minimum absolute atomic E-state index is 0.141. The molecule has 114 valence electrons. The molecule has 2 rings (SSSR count). The van der Waals surface area contributed by atoms with E-state index in [4.69, 9.17) is 0 Å². The highest BCUT2D eigenvalue weighted by Crippen LogP contribution is 2.28. The van der Waals surface area contributed by atoms with E-state index in [-0.39, 0.29) is 11.5 Å². The number of aliphatic hydroxyl groups is 1. The lowest BCUT2D eigenvalue weighted by Gasteiger charge is -2.24. The van der Waals surface area contributed by atoms with Gasteiger partial charge in [-0.15, -0.1) is 0 Å². The molecule has 6 heteroatoms. The average molecular weight is 300 g/mol. The van der Waals surface area contributed by atoms with Gasteiger partial charge in [0.1, 0.15) is 0 Å². The van der Waals surface area contributed by atoms with Crippen molar-refractivity contribution in [2.75, 3.05) is 6.54 Å². The Labute approximate surface area is 121 Å². The molecule has 1 aliphatic carbocycles. The van der Waals surface area contributed by atoms with E-state index in [0.717, 1.165) is 12.8 Å². The van der Waals surface area contributed by atoms with Gasteiger partial charge in [-0.25, -0.2) is 13.1 Å². The Morgan fingerprint density at radius 1 is 1.45 bits per heavy atom. The van der Waals surface area contributed by atoms with Crippen molar-refractivity contribution in [2.24, 2.45) is 5.92 Å². The van der Waals surface area contributed by atoms with Gasteiger partial charge in [0.2, 0.25) is 10.0 Å². The minimum atomic E-state index is -3.45. The molecule has 20 heavy (non-hydrogen) atoms. The van der Waals surface area contributed by atoms with Crippen LogP contribution < -0.4 is 4.72 Å². The molecule has 1 fully saturated rings. The average Bonchev–Trinajstić information content (AvgIpc) is 2.77. The van der Waals surface area contributed by atoms with E-state index in [2.05, 4.69) is 4.72 Å². The zero-order chi connectivity index (χ0) is 14.6. The molecular weight excluding hydrogens is 276 g/mol. The number of aromatic nitrogens is 1. The second-order valence-corrected chi connectivity index (χ2v) is 7.27. The van der Waals surface area contributed by atoms with Gasteiger partial charge in [-0.3, -0.25) is 0 Å². The number of aliphatic hydroxyl groups excluding tert-OH is 1. The Bertz CT molecular complexity index is 533. The topological polar surface area (TPSA) is 71.3 Å². The first-order valence-electron chi connectivity index (χ1n) is 7.36. The zero-order valence-electron chi connectivity index (χ0n) is 12.0. The largest absolute Gasteiger partial charge is 0.390 e. The van der Waals surface area contributed by atoms with Gasteiger partial charge in [-0.05, 0) is 24.8 Å². The smallest absolute Gasteiger partial charge is 0.242 e. The number of nitrogens with zero attached hydrogens (tertiary/aromatic N) is 1. The van der Waals surface area contributed by atoms with Crippen molar-refractivity contribution >= 4 is 10.0 Å². The van der Waals surface area contributed by atoms with Crippen molar-refractivity contribution in [3.63, 3.8) is 0 Å². The monoisotopic (exact) mass is 300 g/mol. The molecular formula is C14H24N2O3S. The van der Waals surface area contributed by atoms with E-state index < -0.39 is 10.0 Å². The van der Waals surface area contributed by atoms with Crippen molar-refractivity contribution in [3.8, 4) is 0 Å². The Kier molecular flexibility index (Phi) is 5.23. The van der Waals surface area contributed by atoms with Crippen molar-refractivity contribution < 1.29 is 13.5 Å². The molecule has 0 bridgehead atoms. The normalized spacial score (nSPS) is 16.3. The van der Waals surface area contributed by atoms with Gasteiger partial charge in [0, 0.05) is 25.0 Å². The van der Waals surface area contributed by atoms with Crippen LogP contribution in [0, 0.1) is 5.92 Å². The van der Waals surface area contributed by atoms with E-state index in [1.807, 2.05) is 6.92 Å². The standard InChI is InChI=1S/C14H24N2O3S/c1-2-8-16-10-14(9-13(16)11-17)20(18,19)15-7-6-12-4-3-5-12/h9-10,12,15,17H,2-8,11H2,1H3. The lowest BCUT2D eigenvalue weighted by molar-refractivity contribution is 0.270. The molecule has 0 aliphatic heterocycles. The summed E-state index contributed by atoms with van der Waals surface area (Å²) in [6.07, 6.45) is 7.16. The summed E-state index contributed by atoms with van der Waals surface area (Å²) in [5.74, 6) is 0.690. The Morgan fingerprint density at radius 2 is 2.20 bits per heavy atom. The molecule has 0 unspecified atom stereocenters. The molecule has 0 spiro atoms. The molecule has 1 aromatic heterocycles. The summed E-state index contributed by atoms with van der Waals surface area (Å²) in [7, 11) is -3.45. The van der Waals surface area contributed by atoms with Crippen LogP contribution in [0.2, 0.25) is 0 Å². The molecule has 0 atom stereocenters. The first-order valence-corrected chi connectivity index (χ1v) is 8.84. The van der Waals surface area contributed by atoms with E-state index in [0.29, 0.717) is 24.7 Å². The maximum absolute atomic E-state index is 12.2. The molecule has 0 aromatic carbocycles. The van der Waals surface area contributed by atoms with Crippen LogP contribution in [0.3, 0.4) is 0 Å². The first kappa shape index (κ1) is 15.5. The van der Waals surface area contributed by atoms with E-state index >= 15 is 0 Å². The highest BCUT2D eigenvalue weighted by Gasteiger charge is 2.20. The third-order valence-corrected chi connectivity index (χ3v) is 5.40. The quantitative estimate of drug-likeness (QED) is 0.770. The molecule has 0 radical (unpaired) electrons. The van der Waals surface area contributed by atoms with Gasteiger partial charge in [0.25, 0.3) is 0 Å². The van der Waals surface area contributed by atoms with E-state index in [1.54, 1.807) is 16.8 Å². The Balaban J connectivity index is 2.00. The number of rotatable bonds is 8. The number of hydrogen-bond donors (Lipinski definition) is 2. The van der Waals surface area contributed by atoms with Gasteiger partial charge in [0.05, 0.1) is 11.5 Å². The van der Waals surface area contributed by atoms with Crippen LogP contribution >= 0.6 is 0 Å². The number of sulfonamides is 1. The van der Waals surface area contributed by atoms with Crippen molar-refractivity contribution in [3.05, 3.63) is 18.0 Å². The summed E-state index contributed by atoms with van der Waals surface area (Å²) in [6, 6.07) is 1.56. The third-order valence-electron chi connectivity index (χ3n) is 3.97. The summed E-state index contributed by atoms with van der Waals surface area (Å²) in [4.78, 5) is 0.253. The maximum atomic E-state index is 12.2. The molecule has 1 saturated carbocycles. The summed E-state index contributed by atoms with van der Waals surface area (Å²) in [6.45, 7) is 3.09. The molecule has 2 N–H and O–H groups in total. The lowest BCUT2D eigenvalue weighted by atomic mass is 9.83. The van der Waals surface area contributed by atoms with Gasteiger partial charge in [-0.2, -0.15) is 0 Å². The lowest BCUT2D eigenvalue weighted by Crippen LogP contribution is -2.27. The van der Waals surface area contributed by atoms with Crippen LogP contribution in [0.1, 0.15) is 44.7 Å². The molecule has 0 saturated heterocycles. The predicted octanol–water partition coefficient (Wildman–Crippen LogP) is 1.86. The number of hydrogen-bond acceptors (Lipinski definition) is 3. The SMILES string of the molecule is CCCn1cc(S(=O)(=O)NCCC2CCC2)cc1CO. The Hall–Kier alpha value is -0.850. The van der Waals surface area contributed by atoms with Gasteiger partial charge < -0.3 is 9.67 Å². The van der Waals surface area contributed by atoms with Gasteiger partial charge >= 0.3 is 0 Å². The van der Waals surface area contributed by atoms with Crippen LogP contribution in [-0.2, 0) is 23.2 Å². The predicted molar refractivity (Wildman–Crippen MR) is 77.8 cm³/mol. The Morgan fingerprint density at radius 3 is 2.75 bits per heavy atom. The van der Waals surface area contributed by atoms with E-state index in [1.165, 1.54) is 19.3 Å². The van der Waals surface area contributed by atoms with Gasteiger partial charge in [0.15, 0.2) is 0 Å². The highest BCUT2D eigenvalue weighted by atomic mass is 32.2. The zero-order valence-corrected chi connectivity index (χ0v) is 12.8. The summed E-state index contributed by atoms with van der Waals surface area (Å²) >= 11 is 0. The molecule has 1 heterocycles. The van der Waals surface area contributed by atoms with Crippen molar-refractivity contribution in [1.29, 1.82) is 0 Å². The fourth-order valence-corrected chi connectivity index (χ4v) is 3.63. The molecule has 1 aromatic rings. The minimum Gasteiger partial charge on any atom is -0.390 e. The van der Waals surface area contributed by atoms with Crippen LogP contribution in [0.5, 0.6) is 0 Å². The van der Waals surface area contributed by atoms with Gasteiger partial charge in [-0.1, -0.05) is 26.2 Å². The highest BCUT2D eigenvalue weighted by molar-refractivity contribution is 7.89. The fourth-order valence-electron chi connectivity index (χ4n) is 2.52. The summed E-state index contributed by atoms with van der Waals surface area (Å²) in [5.41, 5.74) is 0.645. The van der Waals surface area contributed by atoms with Crippen LogP contribution in [-0.4, -0.2) is 24.6 Å². The van der Waals surface area contributed by atoms with Crippen molar-refractivity contribution in [2.45, 2.75) is 57.1 Å². The molecule has 5 nitrogen and oxygen atoms in total. The maximum Gasteiger partial charge on any atom is 0.242 e. The molecule has 0 amide bonds. The fraction of sp³-hybridized carbons (Fsp3) is 0.714. The van der Waals surface area contributed by atoms with Crippen LogP contribution in [0.25, 0.3) is 0 Å². The van der Waals surface area contributed by atoms with E-state index in [9.17, 15) is 13.5 Å². The number of nitrogens with one attached hydrogen (secondary N) is 1. The summed E-state index contributed by atoms with van der Waals surface area (Å²) < 4.78 is 28.9.